The summed E-state index contributed by atoms with van der Waals surface area (Å²) in [6.07, 6.45) is 1.60. The molecule has 0 saturated carbocycles. The van der Waals surface area contributed by atoms with Crippen LogP contribution in [0, 0.1) is 24.1 Å². The van der Waals surface area contributed by atoms with E-state index in [1.807, 2.05) is 0 Å². The van der Waals surface area contributed by atoms with Gasteiger partial charge in [0.2, 0.25) is 5.92 Å². The van der Waals surface area contributed by atoms with E-state index >= 15 is 0 Å². The molecule has 0 radical (unpaired) electrons. The lowest BCUT2D eigenvalue weighted by Crippen LogP contribution is -2.37. The number of anilines is 1. The number of aromatic amines is 1. The Morgan fingerprint density at radius 3 is 2.63 bits per heavy atom. The van der Waals surface area contributed by atoms with Gasteiger partial charge < -0.3 is 15.2 Å². The van der Waals surface area contributed by atoms with Gasteiger partial charge in [-0.05, 0) is 37.6 Å². The second kappa shape index (κ2) is 9.80. The minimum atomic E-state index is -3.17. The largest absolute Gasteiger partial charge is 0.346 e. The summed E-state index contributed by atoms with van der Waals surface area (Å²) in [4.78, 5) is 38.3. The standard InChI is InChI=1S/C22H20F3N7O3/c1-11-14(19(33)21(35)29-16(7-22(2,24)25)17-9-27-31-30-17)10-32(3)18(11)20(34)28-13-4-5-15(23)12(6-13)8-26/h4-6,9-10,16H,7H2,1-3H3,(H,28,34)(H,29,35)(H,27,30,31). The molecule has 0 aliphatic carbocycles. The molecule has 35 heavy (non-hydrogen) atoms. The van der Waals surface area contributed by atoms with Gasteiger partial charge in [-0.25, -0.2) is 13.2 Å². The maximum Gasteiger partial charge on any atom is 0.293 e. The quantitative estimate of drug-likeness (QED) is 0.329. The SMILES string of the molecule is Cc1c(C(=O)C(=O)NC(CC(C)(F)F)c2cn[nH]n2)cn(C)c1C(=O)Nc1ccc(F)c(C#N)c1. The predicted octanol–water partition coefficient (Wildman–Crippen LogP) is 2.80. The number of carbonyl (C=O) groups excluding carboxylic acids is 3. The first kappa shape index (κ1) is 25.2. The molecular formula is C22H20F3N7O3. The van der Waals surface area contributed by atoms with Crippen LogP contribution < -0.4 is 10.6 Å². The number of hydrogen-bond donors (Lipinski definition) is 3. The fraction of sp³-hybridized carbons (Fsp3) is 0.273. The summed E-state index contributed by atoms with van der Waals surface area (Å²) in [6.45, 7) is 2.11. The maximum atomic E-state index is 13.6. The van der Waals surface area contributed by atoms with Crippen molar-refractivity contribution in [1.29, 1.82) is 5.26 Å². The molecule has 1 unspecified atom stereocenters. The Hall–Kier alpha value is -4.47. The van der Waals surface area contributed by atoms with Gasteiger partial charge in [0.15, 0.2) is 0 Å². The Morgan fingerprint density at radius 1 is 1.31 bits per heavy atom. The number of aromatic nitrogens is 4. The number of halogens is 3. The summed E-state index contributed by atoms with van der Waals surface area (Å²) in [5.41, 5.74) is -0.0280. The van der Waals surface area contributed by atoms with Gasteiger partial charge in [-0.1, -0.05) is 0 Å². The Morgan fingerprint density at radius 2 is 2.03 bits per heavy atom. The number of nitrogens with one attached hydrogen (secondary N) is 3. The van der Waals surface area contributed by atoms with Gasteiger partial charge in [0.1, 0.15) is 23.3 Å². The number of ketones is 1. The Kier molecular flexibility index (Phi) is 7.04. The number of rotatable bonds is 8. The number of alkyl halides is 2. The van der Waals surface area contributed by atoms with Crippen LogP contribution in [-0.2, 0) is 11.8 Å². The molecule has 2 heterocycles. The Labute approximate surface area is 197 Å². The van der Waals surface area contributed by atoms with Crippen molar-refractivity contribution in [3.8, 4) is 6.07 Å². The minimum Gasteiger partial charge on any atom is -0.346 e. The molecule has 1 aromatic carbocycles. The van der Waals surface area contributed by atoms with Crippen molar-refractivity contribution in [2.75, 3.05) is 5.32 Å². The minimum absolute atomic E-state index is 0.0218. The molecule has 0 aliphatic heterocycles. The summed E-state index contributed by atoms with van der Waals surface area (Å²) in [5, 5.41) is 23.2. The molecule has 1 atom stereocenters. The lowest BCUT2D eigenvalue weighted by molar-refractivity contribution is -0.118. The smallest absolute Gasteiger partial charge is 0.293 e. The van der Waals surface area contributed by atoms with E-state index in [0.717, 1.165) is 18.3 Å². The van der Waals surface area contributed by atoms with Crippen molar-refractivity contribution in [2.45, 2.75) is 32.2 Å². The molecule has 3 N–H and O–H groups in total. The highest BCUT2D eigenvalue weighted by molar-refractivity contribution is 6.43. The van der Waals surface area contributed by atoms with E-state index < -0.39 is 41.8 Å². The first-order chi connectivity index (χ1) is 16.4. The van der Waals surface area contributed by atoms with E-state index in [9.17, 15) is 27.6 Å². The number of hydrogen-bond acceptors (Lipinski definition) is 6. The average molecular weight is 487 g/mol. The number of nitrogens with zero attached hydrogens (tertiary/aromatic N) is 4. The highest BCUT2D eigenvalue weighted by atomic mass is 19.3. The van der Waals surface area contributed by atoms with E-state index in [4.69, 9.17) is 5.26 Å². The third-order valence-corrected chi connectivity index (χ3v) is 5.10. The number of H-pyrrole nitrogens is 1. The van der Waals surface area contributed by atoms with Crippen LogP contribution in [0.1, 0.15) is 57.1 Å². The van der Waals surface area contributed by atoms with Gasteiger partial charge >= 0.3 is 0 Å². The molecule has 2 amide bonds. The second-order valence-corrected chi connectivity index (χ2v) is 7.91. The maximum absolute atomic E-state index is 13.6. The zero-order valence-electron chi connectivity index (χ0n) is 18.8. The third kappa shape index (κ3) is 5.72. The number of amides is 2. The van der Waals surface area contributed by atoms with Crippen molar-refractivity contribution in [3.63, 3.8) is 0 Å². The summed E-state index contributed by atoms with van der Waals surface area (Å²) in [5.74, 6) is -6.80. The van der Waals surface area contributed by atoms with Crippen molar-refractivity contribution in [3.05, 3.63) is 64.5 Å². The number of nitriles is 1. The molecule has 182 valence electrons. The number of carbonyl (C=O) groups is 3. The van der Waals surface area contributed by atoms with Crippen molar-refractivity contribution in [1.82, 2.24) is 25.3 Å². The lowest BCUT2D eigenvalue weighted by Gasteiger charge is -2.19. The summed E-state index contributed by atoms with van der Waals surface area (Å²) in [7, 11) is 1.47. The van der Waals surface area contributed by atoms with Crippen LogP contribution in [0.4, 0.5) is 18.9 Å². The first-order valence-corrected chi connectivity index (χ1v) is 10.2. The molecule has 10 nitrogen and oxygen atoms in total. The van der Waals surface area contributed by atoms with Crippen LogP contribution in [0.5, 0.6) is 0 Å². The molecule has 0 aliphatic rings. The number of Topliss-reactive ketones (excluding diaryl/α,β-unsaturated/α-hetero) is 1. The summed E-state index contributed by atoms with van der Waals surface area (Å²) in [6, 6.07) is 3.82. The predicted molar refractivity (Wildman–Crippen MR) is 116 cm³/mol. The molecule has 13 heteroatoms. The van der Waals surface area contributed by atoms with Crippen molar-refractivity contribution < 1.29 is 27.6 Å². The third-order valence-electron chi connectivity index (χ3n) is 5.10. The lowest BCUT2D eigenvalue weighted by atomic mass is 10.0. The Balaban J connectivity index is 1.82. The highest BCUT2D eigenvalue weighted by Gasteiger charge is 2.33. The van der Waals surface area contributed by atoms with Crippen molar-refractivity contribution >= 4 is 23.3 Å². The zero-order chi connectivity index (χ0) is 25.9. The monoisotopic (exact) mass is 487 g/mol. The van der Waals surface area contributed by atoms with Gasteiger partial charge in [-0.2, -0.15) is 20.7 Å². The van der Waals surface area contributed by atoms with Gasteiger partial charge in [0.25, 0.3) is 17.6 Å². The fourth-order valence-corrected chi connectivity index (χ4v) is 3.50. The molecule has 0 bridgehead atoms. The molecule has 2 aromatic heterocycles. The number of aryl methyl sites for hydroxylation is 1. The summed E-state index contributed by atoms with van der Waals surface area (Å²) >= 11 is 0. The molecular weight excluding hydrogens is 467 g/mol. The molecule has 3 rings (SSSR count). The van der Waals surface area contributed by atoms with E-state index in [1.54, 1.807) is 6.07 Å². The van der Waals surface area contributed by atoms with Crippen LogP contribution in [0.2, 0.25) is 0 Å². The Bertz CT molecular complexity index is 1320. The highest BCUT2D eigenvalue weighted by Crippen LogP contribution is 2.27. The van der Waals surface area contributed by atoms with Crippen LogP contribution in [0.3, 0.4) is 0 Å². The van der Waals surface area contributed by atoms with E-state index in [0.29, 0.717) is 6.92 Å². The van der Waals surface area contributed by atoms with Gasteiger partial charge in [0.05, 0.1) is 17.8 Å². The zero-order valence-corrected chi connectivity index (χ0v) is 18.8. The van der Waals surface area contributed by atoms with E-state index in [2.05, 4.69) is 26.0 Å². The fourth-order valence-electron chi connectivity index (χ4n) is 3.50. The van der Waals surface area contributed by atoms with Gasteiger partial charge in [-0.3, -0.25) is 14.4 Å². The van der Waals surface area contributed by atoms with E-state index in [1.165, 1.54) is 30.8 Å². The van der Waals surface area contributed by atoms with Crippen LogP contribution in [-0.4, -0.2) is 43.5 Å². The molecule has 3 aromatic rings. The van der Waals surface area contributed by atoms with Gasteiger partial charge in [-0.15, -0.1) is 0 Å². The number of benzene rings is 1. The van der Waals surface area contributed by atoms with Crippen LogP contribution >= 0.6 is 0 Å². The second-order valence-electron chi connectivity index (χ2n) is 7.91. The van der Waals surface area contributed by atoms with Crippen molar-refractivity contribution in [2.24, 2.45) is 7.05 Å². The topological polar surface area (TPSA) is 146 Å². The molecule has 0 spiro atoms. The molecule has 0 fully saturated rings. The average Bonchev–Trinajstić information content (AvgIpc) is 3.41. The van der Waals surface area contributed by atoms with Gasteiger partial charge in [0, 0.05) is 30.9 Å². The molecule has 0 saturated heterocycles. The van der Waals surface area contributed by atoms with E-state index in [-0.39, 0.29) is 33.8 Å². The first-order valence-electron chi connectivity index (χ1n) is 10.2. The normalized spacial score (nSPS) is 12.0. The summed E-state index contributed by atoms with van der Waals surface area (Å²) < 4.78 is 42.1. The van der Waals surface area contributed by atoms with Crippen LogP contribution in [0.15, 0.2) is 30.6 Å². The van der Waals surface area contributed by atoms with Crippen LogP contribution in [0.25, 0.3) is 0 Å².